The van der Waals surface area contributed by atoms with Crippen molar-refractivity contribution in [1.82, 2.24) is 4.98 Å². The largest absolute Gasteiger partial charge is 0.401 e. The van der Waals surface area contributed by atoms with Crippen molar-refractivity contribution in [1.29, 1.82) is 0 Å². The van der Waals surface area contributed by atoms with Crippen LogP contribution in [0.15, 0.2) is 60.7 Å². The first kappa shape index (κ1) is 12.8. The number of halogens is 3. The van der Waals surface area contributed by atoms with E-state index in [1.165, 1.54) is 12.1 Å². The van der Waals surface area contributed by atoms with Gasteiger partial charge in [-0.15, -0.1) is 0 Å². The van der Waals surface area contributed by atoms with Gasteiger partial charge in [0.2, 0.25) is 0 Å². The maximum absolute atomic E-state index is 13.4. The minimum absolute atomic E-state index is 0.171. The van der Waals surface area contributed by atoms with E-state index in [2.05, 4.69) is 4.98 Å². The molecule has 0 fully saturated rings. The summed E-state index contributed by atoms with van der Waals surface area (Å²) in [7, 11) is 0. The summed E-state index contributed by atoms with van der Waals surface area (Å²) in [6, 6.07) is 16.7. The van der Waals surface area contributed by atoms with Gasteiger partial charge in [0.05, 0.1) is 0 Å². The van der Waals surface area contributed by atoms with Crippen LogP contribution in [0.2, 0.25) is 0 Å². The third-order valence-electron chi connectivity index (χ3n) is 3.32. The van der Waals surface area contributed by atoms with Crippen LogP contribution in [-0.4, -0.2) is 11.2 Å². The number of H-pyrrole nitrogens is 1. The Hall–Kier alpha value is -2.23. The zero-order valence-corrected chi connectivity index (χ0v) is 10.5. The van der Waals surface area contributed by atoms with Crippen molar-refractivity contribution in [3.8, 4) is 0 Å². The van der Waals surface area contributed by atoms with Gasteiger partial charge in [-0.1, -0.05) is 48.5 Å². The number of aromatic nitrogens is 1. The summed E-state index contributed by atoms with van der Waals surface area (Å²) in [5, 5.41) is 0.785. The minimum Gasteiger partial charge on any atom is -0.358 e. The fourth-order valence-corrected chi connectivity index (χ4v) is 2.44. The third-order valence-corrected chi connectivity index (χ3v) is 3.32. The average molecular weight is 275 g/mol. The summed E-state index contributed by atoms with van der Waals surface area (Å²) in [5.74, 6) is -1.63. The predicted octanol–water partition coefficient (Wildman–Crippen LogP) is 4.86. The van der Waals surface area contributed by atoms with Crippen LogP contribution in [0.1, 0.15) is 17.2 Å². The zero-order valence-electron chi connectivity index (χ0n) is 10.5. The number of hydrogen-bond acceptors (Lipinski definition) is 0. The molecule has 0 spiro atoms. The monoisotopic (exact) mass is 275 g/mol. The Morgan fingerprint density at radius 2 is 1.50 bits per heavy atom. The van der Waals surface area contributed by atoms with Gasteiger partial charge in [0.25, 0.3) is 0 Å². The highest BCUT2D eigenvalue weighted by Gasteiger charge is 2.42. The predicted molar refractivity (Wildman–Crippen MR) is 72.6 cm³/mol. The molecule has 0 radical (unpaired) electrons. The van der Waals surface area contributed by atoms with Crippen LogP contribution in [-0.2, 0) is 0 Å². The van der Waals surface area contributed by atoms with Crippen molar-refractivity contribution in [2.75, 3.05) is 0 Å². The molecule has 20 heavy (non-hydrogen) atoms. The molecule has 0 bridgehead atoms. The number of hydrogen-bond donors (Lipinski definition) is 1. The highest BCUT2D eigenvalue weighted by molar-refractivity contribution is 5.80. The summed E-state index contributed by atoms with van der Waals surface area (Å²) in [4.78, 5) is 2.88. The molecule has 0 aliphatic heterocycles. The molecule has 0 amide bonds. The molecular weight excluding hydrogens is 263 g/mol. The van der Waals surface area contributed by atoms with Gasteiger partial charge in [0.1, 0.15) is 5.92 Å². The summed E-state index contributed by atoms with van der Waals surface area (Å²) in [6.07, 6.45) is -4.33. The Bertz CT molecular complexity index is 680. The Kier molecular flexibility index (Phi) is 3.01. The highest BCUT2D eigenvalue weighted by atomic mass is 19.4. The normalized spacial score (nSPS) is 13.6. The van der Waals surface area contributed by atoms with E-state index in [4.69, 9.17) is 0 Å². The Morgan fingerprint density at radius 1 is 0.850 bits per heavy atom. The summed E-state index contributed by atoms with van der Waals surface area (Å²) < 4.78 is 40.2. The van der Waals surface area contributed by atoms with Crippen molar-refractivity contribution in [3.63, 3.8) is 0 Å². The molecule has 0 aliphatic carbocycles. The van der Waals surface area contributed by atoms with Gasteiger partial charge >= 0.3 is 6.18 Å². The fourth-order valence-electron chi connectivity index (χ4n) is 2.44. The van der Waals surface area contributed by atoms with E-state index in [-0.39, 0.29) is 11.3 Å². The molecule has 1 nitrogen and oxygen atoms in total. The van der Waals surface area contributed by atoms with Gasteiger partial charge < -0.3 is 4.98 Å². The van der Waals surface area contributed by atoms with Gasteiger partial charge in [-0.05, 0) is 23.1 Å². The van der Waals surface area contributed by atoms with Crippen LogP contribution in [0.5, 0.6) is 0 Å². The number of rotatable bonds is 2. The Morgan fingerprint density at radius 3 is 2.15 bits per heavy atom. The van der Waals surface area contributed by atoms with Crippen LogP contribution in [0.4, 0.5) is 13.2 Å². The number of para-hydroxylation sites is 1. The van der Waals surface area contributed by atoms with Crippen molar-refractivity contribution in [3.05, 3.63) is 71.9 Å². The van der Waals surface area contributed by atoms with Gasteiger partial charge in [-0.25, -0.2) is 0 Å². The lowest BCUT2D eigenvalue weighted by molar-refractivity contribution is -0.141. The topological polar surface area (TPSA) is 15.8 Å². The molecule has 3 rings (SSSR count). The van der Waals surface area contributed by atoms with Crippen molar-refractivity contribution < 1.29 is 13.2 Å². The lowest BCUT2D eigenvalue weighted by Crippen LogP contribution is -2.22. The molecule has 1 atom stereocenters. The maximum Gasteiger partial charge on any atom is 0.401 e. The first-order valence-corrected chi connectivity index (χ1v) is 6.25. The van der Waals surface area contributed by atoms with E-state index >= 15 is 0 Å². The van der Waals surface area contributed by atoms with Gasteiger partial charge in [-0.3, -0.25) is 0 Å². The zero-order chi connectivity index (χ0) is 14.2. The molecule has 0 saturated carbocycles. The van der Waals surface area contributed by atoms with Crippen molar-refractivity contribution in [2.24, 2.45) is 0 Å². The SMILES string of the molecule is FC(F)(F)C(c1ccccc1)c1cc2ccccc2[nH]1. The van der Waals surface area contributed by atoms with E-state index in [0.717, 1.165) is 5.39 Å². The molecule has 102 valence electrons. The van der Waals surface area contributed by atoms with E-state index in [1.807, 2.05) is 6.07 Å². The Balaban J connectivity index is 2.15. The van der Waals surface area contributed by atoms with Crippen LogP contribution >= 0.6 is 0 Å². The van der Waals surface area contributed by atoms with E-state index in [0.29, 0.717) is 5.52 Å². The summed E-state index contributed by atoms with van der Waals surface area (Å²) in [6.45, 7) is 0. The molecule has 0 saturated heterocycles. The molecule has 1 heterocycles. The molecule has 1 unspecified atom stereocenters. The van der Waals surface area contributed by atoms with E-state index < -0.39 is 12.1 Å². The van der Waals surface area contributed by atoms with Crippen LogP contribution in [0, 0.1) is 0 Å². The molecular formula is C16H12F3N. The Labute approximate surface area is 114 Å². The van der Waals surface area contributed by atoms with Gasteiger partial charge in [0.15, 0.2) is 0 Å². The van der Waals surface area contributed by atoms with Crippen molar-refractivity contribution >= 4 is 10.9 Å². The van der Waals surface area contributed by atoms with Gasteiger partial charge in [0, 0.05) is 11.2 Å². The highest BCUT2D eigenvalue weighted by Crippen LogP contribution is 2.40. The summed E-state index contributed by atoms with van der Waals surface area (Å²) in [5.41, 5.74) is 1.13. The second-order valence-corrected chi connectivity index (χ2v) is 4.70. The average Bonchev–Trinajstić information content (AvgIpc) is 2.81. The van der Waals surface area contributed by atoms with Crippen LogP contribution < -0.4 is 0 Å². The molecule has 2 aromatic carbocycles. The standard InChI is InChI=1S/C16H12F3N/c17-16(18,19)15(11-6-2-1-3-7-11)14-10-12-8-4-5-9-13(12)20-14/h1-10,15,20H. The smallest absolute Gasteiger partial charge is 0.358 e. The second kappa shape index (κ2) is 4.71. The number of alkyl halides is 3. The first-order chi connectivity index (χ1) is 9.55. The second-order valence-electron chi connectivity index (χ2n) is 4.70. The number of aromatic amines is 1. The molecule has 3 aromatic rings. The van der Waals surface area contributed by atoms with Gasteiger partial charge in [-0.2, -0.15) is 13.2 Å². The lowest BCUT2D eigenvalue weighted by Gasteiger charge is -2.19. The maximum atomic E-state index is 13.4. The molecule has 0 aliphatic rings. The fraction of sp³-hybridized carbons (Fsp3) is 0.125. The minimum atomic E-state index is -4.33. The van der Waals surface area contributed by atoms with Crippen LogP contribution in [0.25, 0.3) is 10.9 Å². The van der Waals surface area contributed by atoms with Crippen molar-refractivity contribution in [2.45, 2.75) is 12.1 Å². The van der Waals surface area contributed by atoms with E-state index in [1.54, 1.807) is 42.5 Å². The molecule has 4 heteroatoms. The third kappa shape index (κ3) is 2.29. The number of benzene rings is 2. The molecule has 1 N–H and O–H groups in total. The lowest BCUT2D eigenvalue weighted by atomic mass is 9.95. The molecule has 1 aromatic heterocycles. The van der Waals surface area contributed by atoms with Crippen LogP contribution in [0.3, 0.4) is 0 Å². The number of fused-ring (bicyclic) bond motifs is 1. The summed E-state index contributed by atoms with van der Waals surface area (Å²) >= 11 is 0. The first-order valence-electron chi connectivity index (χ1n) is 6.25. The quantitative estimate of drug-likeness (QED) is 0.687. The number of nitrogens with one attached hydrogen (secondary N) is 1. The van der Waals surface area contributed by atoms with E-state index in [9.17, 15) is 13.2 Å².